The first-order valence-electron chi connectivity index (χ1n) is 5.34. The summed E-state index contributed by atoms with van der Waals surface area (Å²) in [6.45, 7) is 5.75. The van der Waals surface area contributed by atoms with E-state index in [9.17, 15) is 4.79 Å². The van der Waals surface area contributed by atoms with Crippen LogP contribution in [0.2, 0.25) is 0 Å². The molecule has 0 bridgehead atoms. The number of carbonyl (C=O) groups excluding carboxylic acids is 1. The summed E-state index contributed by atoms with van der Waals surface area (Å²) in [6, 6.07) is 0.00750. The predicted molar refractivity (Wildman–Crippen MR) is 58.1 cm³/mol. The molecule has 80 valence electrons. The third-order valence-corrected chi connectivity index (χ3v) is 2.41. The van der Waals surface area contributed by atoms with Crippen LogP contribution >= 0.6 is 0 Å². The van der Waals surface area contributed by atoms with Gasteiger partial charge in [0.1, 0.15) is 0 Å². The highest BCUT2D eigenvalue weighted by molar-refractivity contribution is 5.81. The van der Waals surface area contributed by atoms with Crippen molar-refractivity contribution in [1.29, 1.82) is 0 Å². The minimum atomic E-state index is 0.00750. The standard InChI is InChI=1S/C11H20N2O/c1-9(2)6-8-12-10-5-3-4-7-13-11(10)14/h6,10,12H,3-5,7-8H2,1-2H3,(H,13,14). The molecule has 0 aliphatic carbocycles. The Morgan fingerprint density at radius 2 is 2.36 bits per heavy atom. The van der Waals surface area contributed by atoms with Crippen LogP contribution in [0.25, 0.3) is 0 Å². The van der Waals surface area contributed by atoms with E-state index in [2.05, 4.69) is 30.6 Å². The number of hydrogen-bond donors (Lipinski definition) is 2. The van der Waals surface area contributed by atoms with Crippen LogP contribution < -0.4 is 10.6 Å². The number of hydrogen-bond acceptors (Lipinski definition) is 2. The molecule has 0 radical (unpaired) electrons. The first-order chi connectivity index (χ1) is 6.70. The Morgan fingerprint density at radius 3 is 3.07 bits per heavy atom. The van der Waals surface area contributed by atoms with Crippen LogP contribution in [0.1, 0.15) is 33.1 Å². The second-order valence-corrected chi connectivity index (χ2v) is 4.03. The van der Waals surface area contributed by atoms with Crippen molar-refractivity contribution in [1.82, 2.24) is 10.6 Å². The van der Waals surface area contributed by atoms with Crippen LogP contribution in [0, 0.1) is 0 Å². The molecule has 0 aromatic carbocycles. The molecule has 3 nitrogen and oxygen atoms in total. The number of amides is 1. The van der Waals surface area contributed by atoms with Crippen molar-refractivity contribution in [2.24, 2.45) is 0 Å². The molecular formula is C11H20N2O. The Hall–Kier alpha value is -0.830. The predicted octanol–water partition coefficient (Wildman–Crippen LogP) is 1.21. The largest absolute Gasteiger partial charge is 0.355 e. The summed E-state index contributed by atoms with van der Waals surface area (Å²) in [7, 11) is 0. The van der Waals surface area contributed by atoms with E-state index in [1.807, 2.05) is 0 Å². The summed E-state index contributed by atoms with van der Waals surface area (Å²) in [4.78, 5) is 11.5. The number of carbonyl (C=O) groups is 1. The molecule has 14 heavy (non-hydrogen) atoms. The average molecular weight is 196 g/mol. The van der Waals surface area contributed by atoms with Gasteiger partial charge in [0, 0.05) is 13.1 Å². The molecule has 1 aliphatic heterocycles. The Kier molecular flexibility index (Phi) is 4.66. The van der Waals surface area contributed by atoms with Gasteiger partial charge in [0.15, 0.2) is 0 Å². The van der Waals surface area contributed by atoms with E-state index < -0.39 is 0 Å². The zero-order chi connectivity index (χ0) is 10.4. The third kappa shape index (κ3) is 3.92. The zero-order valence-electron chi connectivity index (χ0n) is 9.10. The van der Waals surface area contributed by atoms with Gasteiger partial charge < -0.3 is 10.6 Å². The van der Waals surface area contributed by atoms with Crippen LogP contribution in [0.4, 0.5) is 0 Å². The van der Waals surface area contributed by atoms with E-state index in [-0.39, 0.29) is 11.9 Å². The summed E-state index contributed by atoms with van der Waals surface area (Å²) >= 11 is 0. The quantitative estimate of drug-likeness (QED) is 0.666. The van der Waals surface area contributed by atoms with Crippen LogP contribution in [0.3, 0.4) is 0 Å². The molecular weight excluding hydrogens is 176 g/mol. The first kappa shape index (κ1) is 11.2. The molecule has 0 aromatic heterocycles. The van der Waals surface area contributed by atoms with E-state index >= 15 is 0 Å². The second kappa shape index (κ2) is 5.81. The van der Waals surface area contributed by atoms with E-state index in [0.29, 0.717) is 0 Å². The second-order valence-electron chi connectivity index (χ2n) is 4.03. The van der Waals surface area contributed by atoms with Crippen molar-refractivity contribution in [2.75, 3.05) is 13.1 Å². The van der Waals surface area contributed by atoms with E-state index in [0.717, 1.165) is 32.4 Å². The summed E-state index contributed by atoms with van der Waals surface area (Å²) in [5.74, 6) is 0.157. The average Bonchev–Trinajstić information content (AvgIpc) is 2.31. The first-order valence-corrected chi connectivity index (χ1v) is 5.34. The lowest BCUT2D eigenvalue weighted by molar-refractivity contribution is -0.122. The highest BCUT2D eigenvalue weighted by atomic mass is 16.2. The number of rotatable bonds is 3. The Morgan fingerprint density at radius 1 is 1.57 bits per heavy atom. The summed E-state index contributed by atoms with van der Waals surface area (Å²) in [5.41, 5.74) is 1.28. The van der Waals surface area contributed by atoms with Crippen molar-refractivity contribution < 1.29 is 4.79 Å². The van der Waals surface area contributed by atoms with Crippen LogP contribution in [-0.4, -0.2) is 25.0 Å². The van der Waals surface area contributed by atoms with Gasteiger partial charge in [-0.05, 0) is 33.1 Å². The van der Waals surface area contributed by atoms with Crippen molar-refractivity contribution in [3.05, 3.63) is 11.6 Å². The van der Waals surface area contributed by atoms with Crippen molar-refractivity contribution in [3.63, 3.8) is 0 Å². The maximum absolute atomic E-state index is 11.5. The Balaban J connectivity index is 2.33. The highest BCUT2D eigenvalue weighted by Crippen LogP contribution is 2.04. The topological polar surface area (TPSA) is 41.1 Å². The molecule has 0 spiro atoms. The van der Waals surface area contributed by atoms with Gasteiger partial charge in [-0.2, -0.15) is 0 Å². The summed E-state index contributed by atoms with van der Waals surface area (Å²) in [5, 5.41) is 6.16. The fraction of sp³-hybridized carbons (Fsp3) is 0.727. The molecule has 1 aliphatic rings. The lowest BCUT2D eigenvalue weighted by Crippen LogP contribution is -2.42. The van der Waals surface area contributed by atoms with Crippen molar-refractivity contribution >= 4 is 5.91 Å². The molecule has 1 unspecified atom stereocenters. The molecule has 1 saturated heterocycles. The fourth-order valence-corrected chi connectivity index (χ4v) is 1.54. The fourth-order valence-electron chi connectivity index (χ4n) is 1.54. The normalized spacial score (nSPS) is 22.4. The van der Waals surface area contributed by atoms with Gasteiger partial charge in [0.05, 0.1) is 6.04 Å². The summed E-state index contributed by atoms with van der Waals surface area (Å²) < 4.78 is 0. The van der Waals surface area contributed by atoms with Gasteiger partial charge in [0.25, 0.3) is 0 Å². The third-order valence-electron chi connectivity index (χ3n) is 2.41. The van der Waals surface area contributed by atoms with E-state index in [4.69, 9.17) is 0 Å². The van der Waals surface area contributed by atoms with Gasteiger partial charge in [-0.15, -0.1) is 0 Å². The smallest absolute Gasteiger partial charge is 0.237 e. The van der Waals surface area contributed by atoms with Crippen LogP contribution in [-0.2, 0) is 4.79 Å². The number of nitrogens with one attached hydrogen (secondary N) is 2. The molecule has 1 fully saturated rings. The maximum Gasteiger partial charge on any atom is 0.237 e. The van der Waals surface area contributed by atoms with Gasteiger partial charge >= 0.3 is 0 Å². The lowest BCUT2D eigenvalue weighted by Gasteiger charge is -2.13. The summed E-state index contributed by atoms with van der Waals surface area (Å²) in [6.07, 6.45) is 5.30. The highest BCUT2D eigenvalue weighted by Gasteiger charge is 2.18. The molecule has 1 amide bonds. The zero-order valence-corrected chi connectivity index (χ0v) is 9.10. The monoisotopic (exact) mass is 196 g/mol. The molecule has 0 aromatic rings. The maximum atomic E-state index is 11.5. The lowest BCUT2D eigenvalue weighted by atomic mass is 10.1. The van der Waals surface area contributed by atoms with Gasteiger partial charge in [-0.3, -0.25) is 4.79 Å². The Labute approximate surface area is 86.0 Å². The molecule has 1 rings (SSSR count). The SMILES string of the molecule is CC(C)=CCNC1CCCCNC1=O. The van der Waals surface area contributed by atoms with E-state index in [1.54, 1.807) is 0 Å². The van der Waals surface area contributed by atoms with Crippen LogP contribution in [0.15, 0.2) is 11.6 Å². The molecule has 3 heteroatoms. The van der Waals surface area contributed by atoms with Crippen molar-refractivity contribution in [3.8, 4) is 0 Å². The number of allylic oxidation sites excluding steroid dienone is 1. The van der Waals surface area contributed by atoms with Crippen molar-refractivity contribution in [2.45, 2.75) is 39.2 Å². The van der Waals surface area contributed by atoms with Crippen LogP contribution in [0.5, 0.6) is 0 Å². The molecule has 1 atom stereocenters. The minimum Gasteiger partial charge on any atom is -0.355 e. The molecule has 0 saturated carbocycles. The minimum absolute atomic E-state index is 0.00750. The van der Waals surface area contributed by atoms with Gasteiger partial charge in [-0.25, -0.2) is 0 Å². The van der Waals surface area contributed by atoms with E-state index in [1.165, 1.54) is 5.57 Å². The van der Waals surface area contributed by atoms with Gasteiger partial charge in [0.2, 0.25) is 5.91 Å². The molecule has 2 N–H and O–H groups in total. The Bertz CT molecular complexity index is 219. The molecule has 1 heterocycles. The van der Waals surface area contributed by atoms with Gasteiger partial charge in [-0.1, -0.05) is 11.6 Å².